The van der Waals surface area contributed by atoms with Crippen LogP contribution in [0.25, 0.3) is 0 Å². The van der Waals surface area contributed by atoms with Crippen molar-refractivity contribution < 1.29 is 22.4 Å². The minimum absolute atomic E-state index is 0.261. The normalized spacial score (nSPS) is 19.7. The molecule has 0 atom stereocenters. The molecule has 1 nitrogen and oxygen atoms in total. The van der Waals surface area contributed by atoms with Gasteiger partial charge in [-0.15, -0.1) is 0 Å². The van der Waals surface area contributed by atoms with Gasteiger partial charge in [-0.2, -0.15) is 0 Å². The molecule has 0 saturated heterocycles. The van der Waals surface area contributed by atoms with Crippen LogP contribution in [0.5, 0.6) is 0 Å². The van der Waals surface area contributed by atoms with Crippen LogP contribution in [0.2, 0.25) is 0 Å². The molecule has 0 aromatic rings. The van der Waals surface area contributed by atoms with Crippen molar-refractivity contribution in [2.24, 2.45) is 0 Å². The highest BCUT2D eigenvalue weighted by molar-refractivity contribution is 6.06. The molecule has 0 aromatic carbocycles. The second-order valence-corrected chi connectivity index (χ2v) is 3.03. The van der Waals surface area contributed by atoms with Gasteiger partial charge < -0.3 is 0 Å². The molecule has 0 radical (unpaired) electrons. The van der Waals surface area contributed by atoms with Crippen LogP contribution in [0, 0.1) is 0 Å². The van der Waals surface area contributed by atoms with Crippen LogP contribution in [0.4, 0.5) is 17.6 Å². The van der Waals surface area contributed by atoms with E-state index in [1.807, 2.05) is 0 Å². The van der Waals surface area contributed by atoms with Crippen LogP contribution in [-0.4, -0.2) is 18.1 Å². The predicted molar refractivity (Wildman–Crippen MR) is 46.9 cm³/mol. The van der Waals surface area contributed by atoms with E-state index in [9.17, 15) is 22.4 Å². The molecule has 0 heterocycles. The summed E-state index contributed by atoms with van der Waals surface area (Å²) in [5, 5.41) is 0. The summed E-state index contributed by atoms with van der Waals surface area (Å²) in [6, 6.07) is 0. The number of hydrogen-bond acceptors (Lipinski definition) is 1. The highest BCUT2D eigenvalue weighted by atomic mass is 19.3. The first kappa shape index (κ1) is 11.7. The molecule has 0 N–H and O–H groups in total. The van der Waals surface area contributed by atoms with Crippen LogP contribution >= 0.6 is 0 Å². The van der Waals surface area contributed by atoms with Crippen LogP contribution in [0.15, 0.2) is 36.0 Å². The summed E-state index contributed by atoms with van der Waals surface area (Å²) in [5.74, 6) is -3.91. The quantitative estimate of drug-likeness (QED) is 0.528. The Balaban J connectivity index is 2.76. The SMILES string of the molecule is O=C(C=CC(F)F)C1=CC(F)(F)CC=C1. The monoisotopic (exact) mass is 220 g/mol. The first-order valence-corrected chi connectivity index (χ1v) is 4.19. The Morgan fingerprint density at radius 3 is 2.67 bits per heavy atom. The molecular formula is C10H8F4O. The van der Waals surface area contributed by atoms with Crippen molar-refractivity contribution in [1.82, 2.24) is 0 Å². The van der Waals surface area contributed by atoms with Crippen molar-refractivity contribution in [2.75, 3.05) is 0 Å². The number of carbonyl (C=O) groups is 1. The molecule has 0 saturated carbocycles. The zero-order chi connectivity index (χ0) is 11.5. The van der Waals surface area contributed by atoms with E-state index in [2.05, 4.69) is 0 Å². The van der Waals surface area contributed by atoms with Crippen molar-refractivity contribution in [3.05, 3.63) is 36.0 Å². The fourth-order valence-electron chi connectivity index (χ4n) is 1.09. The second-order valence-electron chi connectivity index (χ2n) is 3.03. The van der Waals surface area contributed by atoms with Gasteiger partial charge in [0, 0.05) is 12.0 Å². The van der Waals surface area contributed by atoms with Crippen LogP contribution in [0.1, 0.15) is 6.42 Å². The molecular weight excluding hydrogens is 212 g/mol. The molecule has 0 spiro atoms. The molecule has 82 valence electrons. The maximum atomic E-state index is 12.8. The fourth-order valence-corrected chi connectivity index (χ4v) is 1.09. The molecule has 15 heavy (non-hydrogen) atoms. The zero-order valence-corrected chi connectivity index (χ0v) is 7.59. The van der Waals surface area contributed by atoms with Gasteiger partial charge in [0.25, 0.3) is 12.3 Å². The highest BCUT2D eigenvalue weighted by Gasteiger charge is 2.28. The lowest BCUT2D eigenvalue weighted by Crippen LogP contribution is -2.16. The van der Waals surface area contributed by atoms with Crippen LogP contribution < -0.4 is 0 Å². The average Bonchev–Trinajstić information content (AvgIpc) is 2.12. The van der Waals surface area contributed by atoms with E-state index in [-0.39, 0.29) is 5.57 Å². The Kier molecular flexibility index (Phi) is 3.44. The molecule has 0 amide bonds. The number of ketones is 1. The molecule has 1 aliphatic rings. The lowest BCUT2D eigenvalue weighted by Gasteiger charge is -2.14. The first-order valence-electron chi connectivity index (χ1n) is 4.19. The van der Waals surface area contributed by atoms with E-state index in [0.29, 0.717) is 18.2 Å². The van der Waals surface area contributed by atoms with Gasteiger partial charge in [-0.3, -0.25) is 4.79 Å². The summed E-state index contributed by atoms with van der Waals surface area (Å²) in [4.78, 5) is 11.1. The van der Waals surface area contributed by atoms with Crippen molar-refractivity contribution in [1.29, 1.82) is 0 Å². The molecule has 0 aliphatic heterocycles. The number of alkyl halides is 4. The summed E-state index contributed by atoms with van der Waals surface area (Å²) in [7, 11) is 0. The molecule has 0 unspecified atom stereocenters. The Labute approximate surface area is 83.8 Å². The van der Waals surface area contributed by atoms with E-state index < -0.39 is 24.6 Å². The Hall–Kier alpha value is -1.39. The van der Waals surface area contributed by atoms with Crippen LogP contribution in [0.3, 0.4) is 0 Å². The third-order valence-electron chi connectivity index (χ3n) is 1.73. The summed E-state index contributed by atoms with van der Waals surface area (Å²) in [6.07, 6.45) is 0.570. The van der Waals surface area contributed by atoms with Gasteiger partial charge >= 0.3 is 0 Å². The maximum absolute atomic E-state index is 12.8. The molecule has 0 fully saturated rings. The van der Waals surface area contributed by atoms with E-state index in [0.717, 1.165) is 6.08 Å². The smallest absolute Gasteiger partial charge is 0.270 e. The van der Waals surface area contributed by atoms with Crippen molar-refractivity contribution in [2.45, 2.75) is 18.8 Å². The molecule has 0 bridgehead atoms. The van der Waals surface area contributed by atoms with Gasteiger partial charge in [-0.25, -0.2) is 17.6 Å². The first-order chi connectivity index (χ1) is 6.91. The average molecular weight is 220 g/mol. The predicted octanol–water partition coefficient (Wildman–Crippen LogP) is 2.90. The number of allylic oxidation sites excluding steroid dienone is 6. The van der Waals surface area contributed by atoms with Crippen molar-refractivity contribution in [3.63, 3.8) is 0 Å². The standard InChI is InChI=1S/C10H8F4O/c11-9(12)4-3-8(15)7-2-1-5-10(13,14)6-7/h1-4,6,9H,5H2. The number of halogens is 4. The van der Waals surface area contributed by atoms with E-state index in [1.165, 1.54) is 6.08 Å². The van der Waals surface area contributed by atoms with Gasteiger partial charge in [0.2, 0.25) is 0 Å². The molecule has 5 heteroatoms. The molecule has 1 aliphatic carbocycles. The van der Waals surface area contributed by atoms with Gasteiger partial charge in [0.05, 0.1) is 0 Å². The highest BCUT2D eigenvalue weighted by Crippen LogP contribution is 2.27. The topological polar surface area (TPSA) is 17.1 Å². The van der Waals surface area contributed by atoms with Gasteiger partial charge in [0.15, 0.2) is 5.78 Å². The Morgan fingerprint density at radius 1 is 1.47 bits per heavy atom. The summed E-state index contributed by atoms with van der Waals surface area (Å²) < 4.78 is 48.9. The Bertz CT molecular complexity index is 339. The summed E-state index contributed by atoms with van der Waals surface area (Å²) in [5.41, 5.74) is -0.261. The lowest BCUT2D eigenvalue weighted by molar-refractivity contribution is -0.111. The second kappa shape index (κ2) is 4.42. The third-order valence-corrected chi connectivity index (χ3v) is 1.73. The maximum Gasteiger partial charge on any atom is 0.270 e. The lowest BCUT2D eigenvalue weighted by atomic mass is 10.0. The summed E-state index contributed by atoms with van der Waals surface area (Å²) in [6.45, 7) is 0. The number of hydrogen-bond donors (Lipinski definition) is 0. The van der Waals surface area contributed by atoms with E-state index in [4.69, 9.17) is 0 Å². The number of carbonyl (C=O) groups excluding carboxylic acids is 1. The van der Waals surface area contributed by atoms with Crippen molar-refractivity contribution in [3.8, 4) is 0 Å². The molecule has 1 rings (SSSR count). The minimum atomic E-state index is -3.07. The van der Waals surface area contributed by atoms with Crippen LogP contribution in [-0.2, 0) is 4.79 Å². The van der Waals surface area contributed by atoms with Gasteiger partial charge in [0.1, 0.15) is 0 Å². The number of rotatable bonds is 3. The van der Waals surface area contributed by atoms with Crippen molar-refractivity contribution >= 4 is 5.78 Å². The van der Waals surface area contributed by atoms with E-state index in [1.54, 1.807) is 0 Å². The molecule has 0 aromatic heterocycles. The van der Waals surface area contributed by atoms with Gasteiger partial charge in [-0.05, 0) is 18.2 Å². The zero-order valence-electron chi connectivity index (χ0n) is 7.59. The fraction of sp³-hybridized carbons (Fsp3) is 0.300. The largest absolute Gasteiger partial charge is 0.289 e. The Morgan fingerprint density at radius 2 is 2.13 bits per heavy atom. The van der Waals surface area contributed by atoms with E-state index >= 15 is 0 Å². The van der Waals surface area contributed by atoms with Gasteiger partial charge in [-0.1, -0.05) is 12.2 Å². The minimum Gasteiger partial charge on any atom is -0.289 e. The third kappa shape index (κ3) is 3.69. The summed E-state index contributed by atoms with van der Waals surface area (Å²) >= 11 is 0.